The summed E-state index contributed by atoms with van der Waals surface area (Å²) in [7, 11) is 3.66. The van der Waals surface area contributed by atoms with Crippen LogP contribution in [0.1, 0.15) is 12.0 Å². The van der Waals surface area contributed by atoms with Gasteiger partial charge in [-0.05, 0) is 30.5 Å². The molecule has 0 radical (unpaired) electrons. The fourth-order valence-electron chi connectivity index (χ4n) is 3.70. The molecule has 2 fully saturated rings. The average molecular weight is 337 g/mol. The standard InChI is InChI=1S/C17H25ClN4O/c1-21(2)17(23)14-9-19-20-16(14)13-7-8-22(11-13)10-12-5-3-4-6-15(12)18/h3-6,13-14,16,19-20H,7-11H2,1-2H3. The Balaban J connectivity index is 1.61. The van der Waals surface area contributed by atoms with Gasteiger partial charge in [-0.25, -0.2) is 0 Å². The van der Waals surface area contributed by atoms with Gasteiger partial charge in [-0.1, -0.05) is 29.8 Å². The van der Waals surface area contributed by atoms with Crippen molar-refractivity contribution < 1.29 is 4.79 Å². The van der Waals surface area contributed by atoms with Gasteiger partial charge in [0.25, 0.3) is 0 Å². The highest BCUT2D eigenvalue weighted by Gasteiger charge is 2.41. The van der Waals surface area contributed by atoms with E-state index in [2.05, 4.69) is 21.8 Å². The topological polar surface area (TPSA) is 47.6 Å². The molecule has 2 N–H and O–H groups in total. The molecule has 5 nitrogen and oxygen atoms in total. The van der Waals surface area contributed by atoms with Gasteiger partial charge in [0.2, 0.25) is 5.91 Å². The van der Waals surface area contributed by atoms with Gasteiger partial charge in [-0.2, -0.15) is 0 Å². The van der Waals surface area contributed by atoms with Crippen molar-refractivity contribution in [2.75, 3.05) is 33.7 Å². The van der Waals surface area contributed by atoms with Crippen LogP contribution in [0, 0.1) is 11.8 Å². The first kappa shape index (κ1) is 16.7. The van der Waals surface area contributed by atoms with Crippen LogP contribution in [0.3, 0.4) is 0 Å². The molecule has 3 unspecified atom stereocenters. The van der Waals surface area contributed by atoms with E-state index in [1.807, 2.05) is 32.3 Å². The van der Waals surface area contributed by atoms with Gasteiger partial charge in [0, 0.05) is 44.8 Å². The molecule has 0 saturated carbocycles. The Bertz CT molecular complexity index is 565. The molecule has 0 spiro atoms. The zero-order valence-electron chi connectivity index (χ0n) is 13.8. The maximum Gasteiger partial charge on any atom is 0.228 e. The number of carbonyl (C=O) groups is 1. The van der Waals surface area contributed by atoms with Crippen molar-refractivity contribution in [1.82, 2.24) is 20.7 Å². The van der Waals surface area contributed by atoms with Crippen LogP contribution in [0.2, 0.25) is 5.02 Å². The van der Waals surface area contributed by atoms with Gasteiger partial charge in [0.15, 0.2) is 0 Å². The number of nitrogens with zero attached hydrogens (tertiary/aromatic N) is 2. The predicted octanol–water partition coefficient (Wildman–Crippen LogP) is 1.34. The van der Waals surface area contributed by atoms with E-state index in [9.17, 15) is 4.79 Å². The van der Waals surface area contributed by atoms with E-state index in [-0.39, 0.29) is 17.9 Å². The number of hydrazine groups is 1. The molecule has 3 rings (SSSR count). The highest BCUT2D eigenvalue weighted by molar-refractivity contribution is 6.31. The molecule has 0 aliphatic carbocycles. The van der Waals surface area contributed by atoms with Crippen LogP contribution in [-0.4, -0.2) is 55.5 Å². The number of likely N-dealkylation sites (tertiary alicyclic amines) is 1. The van der Waals surface area contributed by atoms with E-state index >= 15 is 0 Å². The molecular weight excluding hydrogens is 312 g/mol. The molecule has 3 atom stereocenters. The largest absolute Gasteiger partial charge is 0.348 e. The third kappa shape index (κ3) is 3.69. The SMILES string of the molecule is CN(C)C(=O)C1CNNC1C1CCN(Cc2ccccc2Cl)C1. The third-order valence-electron chi connectivity index (χ3n) is 4.95. The first-order valence-corrected chi connectivity index (χ1v) is 8.59. The average Bonchev–Trinajstić information content (AvgIpc) is 3.17. The molecule has 1 aromatic rings. The van der Waals surface area contributed by atoms with Crippen molar-refractivity contribution in [2.24, 2.45) is 11.8 Å². The zero-order valence-corrected chi connectivity index (χ0v) is 14.5. The van der Waals surface area contributed by atoms with Crippen LogP contribution in [0.15, 0.2) is 24.3 Å². The number of nitrogens with one attached hydrogen (secondary N) is 2. The molecule has 23 heavy (non-hydrogen) atoms. The second-order valence-corrected chi connectivity index (χ2v) is 7.17. The zero-order chi connectivity index (χ0) is 16.4. The molecule has 2 aliphatic heterocycles. The molecule has 2 heterocycles. The lowest BCUT2D eigenvalue weighted by Gasteiger charge is -2.26. The molecule has 0 bridgehead atoms. The summed E-state index contributed by atoms with van der Waals surface area (Å²) in [6, 6.07) is 8.23. The minimum Gasteiger partial charge on any atom is -0.348 e. The van der Waals surface area contributed by atoms with Crippen LogP contribution in [0.25, 0.3) is 0 Å². The lowest BCUT2D eigenvalue weighted by atomic mass is 9.88. The summed E-state index contributed by atoms with van der Waals surface area (Å²) in [5.74, 6) is 0.716. The highest BCUT2D eigenvalue weighted by atomic mass is 35.5. The summed E-state index contributed by atoms with van der Waals surface area (Å²) >= 11 is 6.27. The van der Waals surface area contributed by atoms with Crippen molar-refractivity contribution in [2.45, 2.75) is 19.0 Å². The van der Waals surface area contributed by atoms with Gasteiger partial charge in [-0.3, -0.25) is 20.5 Å². The third-order valence-corrected chi connectivity index (χ3v) is 5.32. The summed E-state index contributed by atoms with van der Waals surface area (Å²) in [5, 5.41) is 0.831. The predicted molar refractivity (Wildman–Crippen MR) is 91.9 cm³/mol. The number of amides is 1. The maximum absolute atomic E-state index is 12.3. The summed E-state index contributed by atoms with van der Waals surface area (Å²) in [6.07, 6.45) is 1.11. The number of halogens is 1. The Morgan fingerprint density at radius 1 is 1.39 bits per heavy atom. The number of benzene rings is 1. The van der Waals surface area contributed by atoms with E-state index in [0.29, 0.717) is 12.5 Å². The number of carbonyl (C=O) groups excluding carboxylic acids is 1. The summed E-state index contributed by atoms with van der Waals surface area (Å²) in [6.45, 7) is 3.64. The second-order valence-electron chi connectivity index (χ2n) is 6.77. The van der Waals surface area contributed by atoms with Crippen molar-refractivity contribution in [3.8, 4) is 0 Å². The van der Waals surface area contributed by atoms with E-state index in [1.165, 1.54) is 5.56 Å². The van der Waals surface area contributed by atoms with E-state index in [1.54, 1.807) is 4.90 Å². The van der Waals surface area contributed by atoms with E-state index in [0.717, 1.165) is 31.1 Å². The second kappa shape index (κ2) is 7.18. The first-order valence-electron chi connectivity index (χ1n) is 8.21. The van der Waals surface area contributed by atoms with Crippen molar-refractivity contribution >= 4 is 17.5 Å². The molecule has 0 aromatic heterocycles. The van der Waals surface area contributed by atoms with Crippen LogP contribution < -0.4 is 10.9 Å². The molecule has 1 amide bonds. The molecule has 2 aliphatic rings. The van der Waals surface area contributed by atoms with Crippen LogP contribution in [0.5, 0.6) is 0 Å². The Hall–Kier alpha value is -1.14. The molecular formula is C17H25ClN4O. The normalized spacial score (nSPS) is 28.2. The first-order chi connectivity index (χ1) is 11.1. The quantitative estimate of drug-likeness (QED) is 0.871. The minimum atomic E-state index is 0.0234. The summed E-state index contributed by atoms with van der Waals surface area (Å²) in [5.41, 5.74) is 7.68. The summed E-state index contributed by atoms with van der Waals surface area (Å²) < 4.78 is 0. The fourth-order valence-corrected chi connectivity index (χ4v) is 3.90. The van der Waals surface area contributed by atoms with Gasteiger partial charge < -0.3 is 4.90 Å². The number of rotatable bonds is 4. The highest BCUT2D eigenvalue weighted by Crippen LogP contribution is 2.28. The van der Waals surface area contributed by atoms with Crippen LogP contribution in [0.4, 0.5) is 0 Å². The Kier molecular flexibility index (Phi) is 5.21. The van der Waals surface area contributed by atoms with Gasteiger partial charge in [0.1, 0.15) is 0 Å². The fraction of sp³-hybridized carbons (Fsp3) is 0.588. The summed E-state index contributed by atoms with van der Waals surface area (Å²) in [4.78, 5) is 16.5. The molecule has 1 aromatic carbocycles. The monoisotopic (exact) mass is 336 g/mol. The van der Waals surface area contributed by atoms with Crippen LogP contribution >= 0.6 is 11.6 Å². The minimum absolute atomic E-state index is 0.0234. The Labute approximate surface area is 142 Å². The van der Waals surface area contributed by atoms with E-state index < -0.39 is 0 Å². The van der Waals surface area contributed by atoms with Crippen molar-refractivity contribution in [3.05, 3.63) is 34.9 Å². The Morgan fingerprint density at radius 3 is 2.91 bits per heavy atom. The van der Waals surface area contributed by atoms with Crippen molar-refractivity contribution in [3.63, 3.8) is 0 Å². The molecule has 2 saturated heterocycles. The Morgan fingerprint density at radius 2 is 2.17 bits per heavy atom. The number of hydrogen-bond acceptors (Lipinski definition) is 4. The number of hydrogen-bond donors (Lipinski definition) is 2. The molecule has 126 valence electrons. The van der Waals surface area contributed by atoms with Gasteiger partial charge >= 0.3 is 0 Å². The van der Waals surface area contributed by atoms with Gasteiger partial charge in [0.05, 0.1) is 5.92 Å². The van der Waals surface area contributed by atoms with Crippen molar-refractivity contribution in [1.29, 1.82) is 0 Å². The van der Waals surface area contributed by atoms with Gasteiger partial charge in [-0.15, -0.1) is 0 Å². The van der Waals surface area contributed by atoms with Crippen LogP contribution in [-0.2, 0) is 11.3 Å². The lowest BCUT2D eigenvalue weighted by molar-refractivity contribution is -0.133. The molecule has 6 heteroatoms. The van der Waals surface area contributed by atoms with E-state index in [4.69, 9.17) is 11.6 Å². The smallest absolute Gasteiger partial charge is 0.228 e. The maximum atomic E-state index is 12.3. The lowest BCUT2D eigenvalue weighted by Crippen LogP contribution is -2.44.